The smallest absolute Gasteiger partial charge is 0.0331 e. The SMILES string of the molecule is CC1CCN(CCCNC2CCCc3sccc32)CC1. The van der Waals surface area contributed by atoms with Crippen LogP contribution in [-0.2, 0) is 6.42 Å². The highest BCUT2D eigenvalue weighted by molar-refractivity contribution is 7.10. The summed E-state index contributed by atoms with van der Waals surface area (Å²) in [5.41, 5.74) is 1.59. The van der Waals surface area contributed by atoms with Gasteiger partial charge < -0.3 is 10.2 Å². The van der Waals surface area contributed by atoms with Crippen molar-refractivity contribution in [1.82, 2.24) is 10.2 Å². The van der Waals surface area contributed by atoms with E-state index in [-0.39, 0.29) is 0 Å². The molecule has 0 aromatic carbocycles. The summed E-state index contributed by atoms with van der Waals surface area (Å²) in [5.74, 6) is 0.948. The second-order valence-corrected chi connectivity index (χ2v) is 7.58. The minimum Gasteiger partial charge on any atom is -0.310 e. The molecule has 0 amide bonds. The van der Waals surface area contributed by atoms with Gasteiger partial charge in [-0.25, -0.2) is 0 Å². The van der Waals surface area contributed by atoms with Gasteiger partial charge in [0.05, 0.1) is 0 Å². The van der Waals surface area contributed by atoms with Crippen molar-refractivity contribution in [3.8, 4) is 0 Å². The van der Waals surface area contributed by atoms with E-state index < -0.39 is 0 Å². The first-order valence-electron chi connectivity index (χ1n) is 8.35. The Hall–Kier alpha value is -0.380. The first-order valence-corrected chi connectivity index (χ1v) is 9.23. The Balaban J connectivity index is 1.37. The lowest BCUT2D eigenvalue weighted by Gasteiger charge is -2.30. The molecule has 1 fully saturated rings. The third-order valence-corrected chi connectivity index (χ3v) is 5.97. The first kappa shape index (κ1) is 14.6. The van der Waals surface area contributed by atoms with Gasteiger partial charge in [0.15, 0.2) is 0 Å². The lowest BCUT2D eigenvalue weighted by Crippen LogP contribution is -2.35. The highest BCUT2D eigenvalue weighted by Gasteiger charge is 2.20. The van der Waals surface area contributed by atoms with E-state index in [1.165, 1.54) is 64.7 Å². The highest BCUT2D eigenvalue weighted by atomic mass is 32.1. The maximum absolute atomic E-state index is 3.79. The van der Waals surface area contributed by atoms with E-state index >= 15 is 0 Å². The Morgan fingerprint density at radius 1 is 1.30 bits per heavy atom. The quantitative estimate of drug-likeness (QED) is 0.830. The van der Waals surface area contributed by atoms with Crippen LogP contribution < -0.4 is 5.32 Å². The van der Waals surface area contributed by atoms with Gasteiger partial charge in [-0.2, -0.15) is 0 Å². The average molecular weight is 292 g/mol. The van der Waals surface area contributed by atoms with Crippen molar-refractivity contribution in [2.75, 3.05) is 26.2 Å². The van der Waals surface area contributed by atoms with E-state index in [4.69, 9.17) is 0 Å². The van der Waals surface area contributed by atoms with Crippen LogP contribution in [0.1, 0.15) is 55.5 Å². The van der Waals surface area contributed by atoms with Crippen LogP contribution >= 0.6 is 11.3 Å². The second kappa shape index (κ2) is 7.06. The Bertz CT molecular complexity index is 407. The number of thiophene rings is 1. The Labute approximate surface area is 127 Å². The molecule has 2 nitrogen and oxygen atoms in total. The average Bonchev–Trinajstić information content (AvgIpc) is 2.94. The molecule has 0 bridgehead atoms. The van der Waals surface area contributed by atoms with Gasteiger partial charge in [-0.1, -0.05) is 6.92 Å². The number of nitrogens with zero attached hydrogens (tertiary/aromatic N) is 1. The lowest BCUT2D eigenvalue weighted by atomic mass is 9.94. The summed E-state index contributed by atoms with van der Waals surface area (Å²) in [6, 6.07) is 2.97. The fraction of sp³-hybridized carbons (Fsp3) is 0.765. The molecule has 1 aromatic rings. The number of aryl methyl sites for hydroxylation is 1. The van der Waals surface area contributed by atoms with Crippen molar-refractivity contribution in [2.45, 2.75) is 51.5 Å². The van der Waals surface area contributed by atoms with Gasteiger partial charge in [-0.15, -0.1) is 11.3 Å². The van der Waals surface area contributed by atoms with Gasteiger partial charge in [0, 0.05) is 10.9 Å². The van der Waals surface area contributed by atoms with Gasteiger partial charge in [0.25, 0.3) is 0 Å². The summed E-state index contributed by atoms with van der Waals surface area (Å²) in [5, 5.41) is 6.06. The number of hydrogen-bond acceptors (Lipinski definition) is 3. The van der Waals surface area contributed by atoms with Gasteiger partial charge >= 0.3 is 0 Å². The lowest BCUT2D eigenvalue weighted by molar-refractivity contribution is 0.189. The number of nitrogens with one attached hydrogen (secondary N) is 1. The Morgan fingerprint density at radius 3 is 3.00 bits per heavy atom. The normalized spacial score (nSPS) is 24.8. The molecular formula is C17H28N2S. The van der Waals surface area contributed by atoms with Gasteiger partial charge in [-0.05, 0) is 87.6 Å². The number of likely N-dealkylation sites (tertiary alicyclic amines) is 1. The molecule has 1 aliphatic carbocycles. The Kier molecular flexibility index (Phi) is 5.14. The highest BCUT2D eigenvalue weighted by Crippen LogP contribution is 2.33. The third kappa shape index (κ3) is 3.63. The van der Waals surface area contributed by atoms with Crippen molar-refractivity contribution in [3.05, 3.63) is 21.9 Å². The summed E-state index contributed by atoms with van der Waals surface area (Å²) in [7, 11) is 0. The van der Waals surface area contributed by atoms with Crippen molar-refractivity contribution in [1.29, 1.82) is 0 Å². The Morgan fingerprint density at radius 2 is 2.15 bits per heavy atom. The molecule has 20 heavy (non-hydrogen) atoms. The predicted octanol–water partition coefficient (Wildman–Crippen LogP) is 3.84. The van der Waals surface area contributed by atoms with Gasteiger partial charge in [0.1, 0.15) is 0 Å². The van der Waals surface area contributed by atoms with Crippen molar-refractivity contribution >= 4 is 11.3 Å². The molecule has 1 atom stereocenters. The second-order valence-electron chi connectivity index (χ2n) is 6.58. The number of fused-ring (bicyclic) bond motifs is 1. The van der Waals surface area contributed by atoms with E-state index in [9.17, 15) is 0 Å². The number of rotatable bonds is 5. The molecule has 0 spiro atoms. The number of piperidine rings is 1. The molecule has 1 unspecified atom stereocenters. The summed E-state index contributed by atoms with van der Waals surface area (Å²) in [6.07, 6.45) is 8.07. The fourth-order valence-electron chi connectivity index (χ4n) is 3.56. The minimum absolute atomic E-state index is 0.631. The monoisotopic (exact) mass is 292 g/mol. The standard InChI is InChI=1S/C17H28N2S/c1-14-6-11-19(12-7-14)10-3-9-18-16-4-2-5-17-15(16)8-13-20-17/h8,13-14,16,18H,2-7,9-12H2,1H3. The molecule has 1 aliphatic heterocycles. The zero-order valence-corrected chi connectivity index (χ0v) is 13.6. The molecule has 3 rings (SSSR count). The summed E-state index contributed by atoms with van der Waals surface area (Å²) < 4.78 is 0. The van der Waals surface area contributed by atoms with Crippen LogP contribution in [0.15, 0.2) is 11.4 Å². The van der Waals surface area contributed by atoms with E-state index in [0.29, 0.717) is 6.04 Å². The van der Waals surface area contributed by atoms with Gasteiger partial charge in [-0.3, -0.25) is 0 Å². The van der Waals surface area contributed by atoms with Gasteiger partial charge in [0.2, 0.25) is 0 Å². The maximum Gasteiger partial charge on any atom is 0.0331 e. The van der Waals surface area contributed by atoms with Crippen LogP contribution in [0.5, 0.6) is 0 Å². The van der Waals surface area contributed by atoms with Crippen molar-refractivity contribution < 1.29 is 0 Å². The van der Waals surface area contributed by atoms with Crippen molar-refractivity contribution in [2.24, 2.45) is 5.92 Å². The molecule has 0 radical (unpaired) electrons. The fourth-order valence-corrected chi connectivity index (χ4v) is 4.55. The summed E-state index contributed by atoms with van der Waals surface area (Å²) in [6.45, 7) is 7.48. The summed E-state index contributed by atoms with van der Waals surface area (Å²) >= 11 is 1.94. The summed E-state index contributed by atoms with van der Waals surface area (Å²) in [4.78, 5) is 4.28. The van der Waals surface area contributed by atoms with Crippen LogP contribution in [0.4, 0.5) is 0 Å². The van der Waals surface area contributed by atoms with E-state index in [2.05, 4.69) is 28.6 Å². The largest absolute Gasteiger partial charge is 0.310 e. The molecule has 0 saturated carbocycles. The predicted molar refractivity (Wildman–Crippen MR) is 87.5 cm³/mol. The maximum atomic E-state index is 3.79. The van der Waals surface area contributed by atoms with E-state index in [1.54, 1.807) is 10.4 Å². The molecule has 1 aromatic heterocycles. The van der Waals surface area contributed by atoms with Crippen LogP contribution in [0.3, 0.4) is 0 Å². The number of hydrogen-bond donors (Lipinski definition) is 1. The molecule has 2 aliphatic rings. The molecular weight excluding hydrogens is 264 g/mol. The van der Waals surface area contributed by atoms with E-state index in [1.807, 2.05) is 11.3 Å². The van der Waals surface area contributed by atoms with Crippen LogP contribution in [-0.4, -0.2) is 31.1 Å². The molecule has 1 N–H and O–H groups in total. The molecule has 2 heterocycles. The zero-order chi connectivity index (χ0) is 13.8. The minimum atomic E-state index is 0.631. The zero-order valence-electron chi connectivity index (χ0n) is 12.7. The van der Waals surface area contributed by atoms with Crippen LogP contribution in [0.25, 0.3) is 0 Å². The van der Waals surface area contributed by atoms with Crippen molar-refractivity contribution in [3.63, 3.8) is 0 Å². The molecule has 1 saturated heterocycles. The van der Waals surface area contributed by atoms with Crippen LogP contribution in [0, 0.1) is 5.92 Å². The third-order valence-electron chi connectivity index (χ3n) is 4.97. The topological polar surface area (TPSA) is 15.3 Å². The molecule has 3 heteroatoms. The first-order chi connectivity index (χ1) is 9.83. The van der Waals surface area contributed by atoms with E-state index in [0.717, 1.165) is 5.92 Å². The van der Waals surface area contributed by atoms with Crippen LogP contribution in [0.2, 0.25) is 0 Å². The molecule has 112 valence electrons.